The molecule has 3 aliphatic rings. The quantitative estimate of drug-likeness (QED) is 0.410. The van der Waals surface area contributed by atoms with Crippen LogP contribution in [0.15, 0.2) is 65.0 Å². The second kappa shape index (κ2) is 8.35. The van der Waals surface area contributed by atoms with E-state index in [1.807, 2.05) is 12.1 Å². The number of carbonyl (C=O) groups is 2. The first kappa shape index (κ1) is 24.3. The molecule has 2 aromatic carbocycles. The summed E-state index contributed by atoms with van der Waals surface area (Å²) in [5, 5.41) is 0.893. The molecule has 0 unspecified atom stereocenters. The van der Waals surface area contributed by atoms with E-state index in [1.165, 1.54) is 5.56 Å². The highest BCUT2D eigenvalue weighted by molar-refractivity contribution is 6.42. The number of aryl methyl sites for hydroxylation is 1. The first-order valence-corrected chi connectivity index (χ1v) is 13.0. The predicted molar refractivity (Wildman–Crippen MR) is 143 cm³/mol. The van der Waals surface area contributed by atoms with E-state index in [9.17, 15) is 9.59 Å². The van der Waals surface area contributed by atoms with Gasteiger partial charge >= 0.3 is 0 Å². The summed E-state index contributed by atoms with van der Waals surface area (Å²) in [6, 6.07) is 13.9. The standard InChI is InChI=1S/C30H31Cl2NO2/c1-17-6-9-19(10-7-17)33-22-13-29(2,3)15-24(34)27(22)26(18-8-11-20(31)21(32)12-18)28-23(33)14-30(4,5)16-25(28)35/h6-12,26H,13-16H2,1-5H3. The van der Waals surface area contributed by atoms with Gasteiger partial charge in [-0.25, -0.2) is 0 Å². The van der Waals surface area contributed by atoms with Crippen molar-refractivity contribution in [2.45, 2.75) is 66.2 Å². The summed E-state index contributed by atoms with van der Waals surface area (Å²) in [5.41, 5.74) is 6.16. The largest absolute Gasteiger partial charge is 0.317 e. The molecule has 35 heavy (non-hydrogen) atoms. The van der Waals surface area contributed by atoms with Crippen molar-refractivity contribution in [2.75, 3.05) is 4.90 Å². The number of ketones is 2. The Morgan fingerprint density at radius 3 is 1.74 bits per heavy atom. The Balaban J connectivity index is 1.83. The number of carbonyl (C=O) groups excluding carboxylic acids is 2. The number of rotatable bonds is 2. The molecule has 182 valence electrons. The Morgan fingerprint density at radius 2 is 1.26 bits per heavy atom. The number of hydrogen-bond acceptors (Lipinski definition) is 3. The van der Waals surface area contributed by atoms with Crippen LogP contribution in [0.4, 0.5) is 5.69 Å². The lowest BCUT2D eigenvalue weighted by Crippen LogP contribution is -2.44. The third-order valence-electron chi connectivity index (χ3n) is 7.48. The van der Waals surface area contributed by atoms with E-state index in [1.54, 1.807) is 6.07 Å². The third-order valence-corrected chi connectivity index (χ3v) is 8.22. The summed E-state index contributed by atoms with van der Waals surface area (Å²) in [4.78, 5) is 29.9. The molecule has 0 N–H and O–H groups in total. The van der Waals surface area contributed by atoms with Crippen LogP contribution < -0.4 is 4.90 Å². The highest BCUT2D eigenvalue weighted by Gasteiger charge is 2.49. The maximum Gasteiger partial charge on any atom is 0.162 e. The molecule has 1 heterocycles. The van der Waals surface area contributed by atoms with Crippen LogP contribution in [0.3, 0.4) is 0 Å². The van der Waals surface area contributed by atoms with Gasteiger partial charge in [0, 0.05) is 47.0 Å². The molecule has 0 bridgehead atoms. The molecule has 2 aliphatic carbocycles. The van der Waals surface area contributed by atoms with Gasteiger partial charge in [-0.2, -0.15) is 0 Å². The van der Waals surface area contributed by atoms with Gasteiger partial charge in [-0.3, -0.25) is 9.59 Å². The second-order valence-corrected chi connectivity index (χ2v) is 12.7. The normalized spacial score (nSPS) is 21.9. The van der Waals surface area contributed by atoms with Crippen molar-refractivity contribution in [3.05, 3.63) is 86.2 Å². The molecule has 5 heteroatoms. The van der Waals surface area contributed by atoms with E-state index in [4.69, 9.17) is 23.2 Å². The summed E-state index contributed by atoms with van der Waals surface area (Å²) in [7, 11) is 0. The van der Waals surface area contributed by atoms with Crippen LogP contribution in [0.2, 0.25) is 10.0 Å². The highest BCUT2D eigenvalue weighted by Crippen LogP contribution is 2.55. The van der Waals surface area contributed by atoms with Crippen molar-refractivity contribution in [3.8, 4) is 0 Å². The molecule has 0 radical (unpaired) electrons. The van der Waals surface area contributed by atoms with Crippen LogP contribution in [0.1, 0.15) is 70.4 Å². The van der Waals surface area contributed by atoms with E-state index in [0.29, 0.717) is 22.9 Å². The Morgan fingerprint density at radius 1 is 0.743 bits per heavy atom. The molecular formula is C30H31Cl2NO2. The topological polar surface area (TPSA) is 37.4 Å². The molecule has 0 saturated heterocycles. The zero-order valence-corrected chi connectivity index (χ0v) is 22.5. The first-order chi connectivity index (χ1) is 16.4. The summed E-state index contributed by atoms with van der Waals surface area (Å²) in [6.07, 6.45) is 2.41. The number of nitrogens with zero attached hydrogens (tertiary/aromatic N) is 1. The fourth-order valence-corrected chi connectivity index (χ4v) is 6.30. The zero-order valence-electron chi connectivity index (χ0n) is 21.0. The van der Waals surface area contributed by atoms with Crippen molar-refractivity contribution >= 4 is 40.5 Å². The van der Waals surface area contributed by atoms with Gasteiger partial charge in [-0.1, -0.05) is 74.7 Å². The van der Waals surface area contributed by atoms with Crippen molar-refractivity contribution in [1.82, 2.24) is 0 Å². The van der Waals surface area contributed by atoms with Crippen LogP contribution in [0.5, 0.6) is 0 Å². The predicted octanol–water partition coefficient (Wildman–Crippen LogP) is 8.19. The SMILES string of the molecule is Cc1ccc(N2C3=C(C(=O)CC(C)(C)C3)C(c3ccc(Cl)c(Cl)c3)C3=C2CC(C)(C)CC3=O)cc1. The van der Waals surface area contributed by atoms with Crippen LogP contribution >= 0.6 is 23.2 Å². The third kappa shape index (κ3) is 4.27. The summed E-state index contributed by atoms with van der Waals surface area (Å²) >= 11 is 12.7. The molecule has 3 nitrogen and oxygen atoms in total. The van der Waals surface area contributed by atoms with Crippen LogP contribution in [0.25, 0.3) is 0 Å². The summed E-state index contributed by atoms with van der Waals surface area (Å²) in [5.74, 6) is -0.217. The zero-order chi connectivity index (χ0) is 25.3. The average molecular weight is 508 g/mol. The lowest BCUT2D eigenvalue weighted by Gasteiger charge is -2.49. The van der Waals surface area contributed by atoms with E-state index in [2.05, 4.69) is 63.8 Å². The molecular weight excluding hydrogens is 477 g/mol. The molecule has 0 spiro atoms. The smallest absolute Gasteiger partial charge is 0.162 e. The van der Waals surface area contributed by atoms with E-state index >= 15 is 0 Å². The van der Waals surface area contributed by atoms with E-state index in [-0.39, 0.29) is 22.4 Å². The maximum absolute atomic E-state index is 13.8. The van der Waals surface area contributed by atoms with Crippen molar-refractivity contribution in [3.63, 3.8) is 0 Å². The first-order valence-electron chi connectivity index (χ1n) is 12.2. The minimum atomic E-state index is -0.427. The molecule has 0 fully saturated rings. The van der Waals surface area contributed by atoms with Crippen molar-refractivity contribution < 1.29 is 9.59 Å². The van der Waals surface area contributed by atoms with E-state index < -0.39 is 5.92 Å². The Bertz CT molecular complexity index is 1260. The van der Waals surface area contributed by atoms with Crippen molar-refractivity contribution in [1.29, 1.82) is 0 Å². The lowest BCUT2D eigenvalue weighted by atomic mass is 9.63. The molecule has 0 atom stereocenters. The fourth-order valence-electron chi connectivity index (χ4n) is 6.00. The summed E-state index contributed by atoms with van der Waals surface area (Å²) < 4.78 is 0. The van der Waals surface area contributed by atoms with Gasteiger partial charge in [0.15, 0.2) is 11.6 Å². The number of allylic oxidation sites excluding steroid dienone is 4. The number of halogens is 2. The molecule has 5 rings (SSSR count). The number of anilines is 1. The lowest BCUT2D eigenvalue weighted by molar-refractivity contribution is -0.119. The molecule has 1 aliphatic heterocycles. The molecule has 0 aromatic heterocycles. The second-order valence-electron chi connectivity index (χ2n) is 11.9. The Hall–Kier alpha value is -2.36. The highest BCUT2D eigenvalue weighted by atomic mass is 35.5. The monoisotopic (exact) mass is 507 g/mol. The van der Waals surface area contributed by atoms with Gasteiger partial charge in [0.25, 0.3) is 0 Å². The van der Waals surface area contributed by atoms with Crippen LogP contribution in [-0.4, -0.2) is 11.6 Å². The Kier molecular flexibility index (Phi) is 5.81. The molecule has 2 aromatic rings. The van der Waals surface area contributed by atoms with Gasteiger partial charge in [0.1, 0.15) is 0 Å². The van der Waals surface area contributed by atoms with Gasteiger partial charge in [0.05, 0.1) is 10.0 Å². The number of Topliss-reactive ketones (excluding diaryl/α,β-unsaturated/α-hetero) is 2. The Labute approximate surface area is 217 Å². The van der Waals surface area contributed by atoms with Gasteiger partial charge in [-0.05, 0) is 60.4 Å². The van der Waals surface area contributed by atoms with Gasteiger partial charge in [0.2, 0.25) is 0 Å². The van der Waals surface area contributed by atoms with Gasteiger partial charge < -0.3 is 4.90 Å². The van der Waals surface area contributed by atoms with Crippen molar-refractivity contribution in [2.24, 2.45) is 10.8 Å². The minimum Gasteiger partial charge on any atom is -0.317 e. The van der Waals surface area contributed by atoms with Crippen LogP contribution in [-0.2, 0) is 9.59 Å². The average Bonchev–Trinajstić information content (AvgIpc) is 2.73. The summed E-state index contributed by atoms with van der Waals surface area (Å²) in [6.45, 7) is 10.7. The van der Waals surface area contributed by atoms with Gasteiger partial charge in [-0.15, -0.1) is 0 Å². The number of benzene rings is 2. The van der Waals surface area contributed by atoms with Crippen LogP contribution in [0, 0.1) is 17.8 Å². The minimum absolute atomic E-state index is 0.105. The maximum atomic E-state index is 13.8. The number of hydrogen-bond donors (Lipinski definition) is 0. The fraction of sp³-hybridized carbons (Fsp3) is 0.400. The molecule has 0 amide bonds. The molecule has 0 saturated carbocycles. The van der Waals surface area contributed by atoms with E-state index in [0.717, 1.165) is 46.6 Å².